The molecule has 1 aromatic carbocycles. The molecule has 0 spiro atoms. The first kappa shape index (κ1) is 14.0. The third-order valence-electron chi connectivity index (χ3n) is 3.39. The van der Waals surface area contributed by atoms with Crippen LogP contribution in [0.25, 0.3) is 0 Å². The van der Waals surface area contributed by atoms with Crippen molar-refractivity contribution in [3.63, 3.8) is 0 Å². The molecular weight excluding hydrogens is 238 g/mol. The maximum Gasteiger partial charge on any atom is 0.0205 e. The molecular formula is C16H25NS. The van der Waals surface area contributed by atoms with Crippen molar-refractivity contribution in [1.29, 1.82) is 0 Å². The second-order valence-electron chi connectivity index (χ2n) is 5.68. The molecule has 0 amide bonds. The second-order valence-corrected chi connectivity index (χ2v) is 7.09. The van der Waals surface area contributed by atoms with Crippen LogP contribution in [-0.2, 0) is 13.0 Å². The molecule has 18 heavy (non-hydrogen) atoms. The first-order chi connectivity index (χ1) is 8.74. The summed E-state index contributed by atoms with van der Waals surface area (Å²) in [5, 5.41) is 4.44. The highest BCUT2D eigenvalue weighted by molar-refractivity contribution is 8.00. The lowest BCUT2D eigenvalue weighted by molar-refractivity contribution is 0.641. The van der Waals surface area contributed by atoms with Gasteiger partial charge in [0.15, 0.2) is 0 Å². The molecule has 0 bridgehead atoms. The van der Waals surface area contributed by atoms with E-state index in [0.717, 1.165) is 17.7 Å². The molecule has 1 aliphatic heterocycles. The van der Waals surface area contributed by atoms with Gasteiger partial charge in [-0.1, -0.05) is 38.1 Å². The topological polar surface area (TPSA) is 12.0 Å². The maximum absolute atomic E-state index is 3.58. The molecule has 0 aromatic heterocycles. The van der Waals surface area contributed by atoms with E-state index in [1.165, 1.54) is 42.7 Å². The standard InChI is InChI=1S/C16H25NS/c1-13(2)10-14-5-7-15(8-6-14)11-17-12-16-4-3-9-18-16/h5-8,13,16-17H,3-4,9-12H2,1-2H3. The average Bonchev–Trinajstić information content (AvgIpc) is 2.84. The largest absolute Gasteiger partial charge is 0.312 e. The molecule has 0 radical (unpaired) electrons. The molecule has 2 rings (SSSR count). The highest BCUT2D eigenvalue weighted by atomic mass is 32.2. The number of nitrogens with one attached hydrogen (secondary N) is 1. The molecule has 1 aliphatic rings. The van der Waals surface area contributed by atoms with Crippen LogP contribution < -0.4 is 5.32 Å². The van der Waals surface area contributed by atoms with Crippen molar-refractivity contribution in [3.05, 3.63) is 35.4 Å². The fourth-order valence-corrected chi connectivity index (χ4v) is 3.68. The van der Waals surface area contributed by atoms with Crippen LogP contribution >= 0.6 is 11.8 Å². The summed E-state index contributed by atoms with van der Waals surface area (Å²) >= 11 is 2.12. The lowest BCUT2D eigenvalue weighted by Gasteiger charge is -2.11. The van der Waals surface area contributed by atoms with Gasteiger partial charge in [-0.3, -0.25) is 0 Å². The zero-order chi connectivity index (χ0) is 12.8. The normalized spacial score (nSPS) is 19.6. The van der Waals surface area contributed by atoms with Crippen molar-refractivity contribution in [2.75, 3.05) is 12.3 Å². The van der Waals surface area contributed by atoms with Crippen LogP contribution in [0.3, 0.4) is 0 Å². The van der Waals surface area contributed by atoms with Crippen molar-refractivity contribution < 1.29 is 0 Å². The van der Waals surface area contributed by atoms with Crippen LogP contribution in [-0.4, -0.2) is 17.5 Å². The van der Waals surface area contributed by atoms with E-state index in [1.54, 1.807) is 0 Å². The zero-order valence-corrected chi connectivity index (χ0v) is 12.4. The Morgan fingerprint density at radius 1 is 1.22 bits per heavy atom. The summed E-state index contributed by atoms with van der Waals surface area (Å²) in [4.78, 5) is 0. The van der Waals surface area contributed by atoms with E-state index in [1.807, 2.05) is 0 Å². The maximum atomic E-state index is 3.58. The highest BCUT2D eigenvalue weighted by Crippen LogP contribution is 2.25. The van der Waals surface area contributed by atoms with Crippen molar-refractivity contribution in [3.8, 4) is 0 Å². The van der Waals surface area contributed by atoms with Crippen molar-refractivity contribution in [2.24, 2.45) is 5.92 Å². The van der Waals surface area contributed by atoms with Gasteiger partial charge >= 0.3 is 0 Å². The van der Waals surface area contributed by atoms with Gasteiger partial charge in [-0.15, -0.1) is 0 Å². The minimum atomic E-state index is 0.744. The van der Waals surface area contributed by atoms with Gasteiger partial charge in [0, 0.05) is 18.3 Å². The fourth-order valence-electron chi connectivity index (χ4n) is 2.45. The Morgan fingerprint density at radius 3 is 2.56 bits per heavy atom. The van der Waals surface area contributed by atoms with Gasteiger partial charge in [0.05, 0.1) is 0 Å². The van der Waals surface area contributed by atoms with Gasteiger partial charge in [-0.05, 0) is 42.1 Å². The molecule has 0 saturated carbocycles. The number of rotatable bonds is 6. The molecule has 1 heterocycles. The molecule has 2 heteroatoms. The number of thioether (sulfide) groups is 1. The summed E-state index contributed by atoms with van der Waals surface area (Å²) in [6, 6.07) is 9.10. The smallest absolute Gasteiger partial charge is 0.0205 e. The Balaban J connectivity index is 1.72. The highest BCUT2D eigenvalue weighted by Gasteiger charge is 2.14. The molecule has 1 saturated heterocycles. The van der Waals surface area contributed by atoms with Crippen molar-refractivity contribution in [1.82, 2.24) is 5.32 Å². The van der Waals surface area contributed by atoms with E-state index in [9.17, 15) is 0 Å². The van der Waals surface area contributed by atoms with Crippen molar-refractivity contribution >= 4 is 11.8 Å². The zero-order valence-electron chi connectivity index (χ0n) is 11.6. The van der Waals surface area contributed by atoms with E-state index < -0.39 is 0 Å². The predicted molar refractivity (Wildman–Crippen MR) is 82.2 cm³/mol. The minimum Gasteiger partial charge on any atom is -0.312 e. The Hall–Kier alpha value is -0.470. The lowest BCUT2D eigenvalue weighted by atomic mass is 10.0. The quantitative estimate of drug-likeness (QED) is 0.836. The van der Waals surface area contributed by atoms with Crippen LogP contribution in [0.1, 0.15) is 37.8 Å². The van der Waals surface area contributed by atoms with Gasteiger partial charge in [0.25, 0.3) is 0 Å². The Bertz CT molecular complexity index is 339. The van der Waals surface area contributed by atoms with Crippen molar-refractivity contribution in [2.45, 2.75) is 44.9 Å². The van der Waals surface area contributed by atoms with Crippen LogP contribution in [0.5, 0.6) is 0 Å². The molecule has 1 atom stereocenters. The molecule has 1 aromatic rings. The summed E-state index contributed by atoms with van der Waals surface area (Å²) in [6.07, 6.45) is 3.98. The SMILES string of the molecule is CC(C)Cc1ccc(CNCC2CCCS2)cc1. The molecule has 1 N–H and O–H groups in total. The fraction of sp³-hybridized carbons (Fsp3) is 0.625. The third-order valence-corrected chi connectivity index (χ3v) is 4.79. The summed E-state index contributed by atoms with van der Waals surface area (Å²) in [7, 11) is 0. The molecule has 1 unspecified atom stereocenters. The first-order valence-electron chi connectivity index (χ1n) is 7.14. The number of hydrogen-bond acceptors (Lipinski definition) is 2. The Morgan fingerprint density at radius 2 is 1.94 bits per heavy atom. The lowest BCUT2D eigenvalue weighted by Crippen LogP contribution is -2.22. The van der Waals surface area contributed by atoms with E-state index >= 15 is 0 Å². The van der Waals surface area contributed by atoms with E-state index in [2.05, 4.69) is 55.2 Å². The van der Waals surface area contributed by atoms with Gasteiger partial charge in [-0.2, -0.15) is 11.8 Å². The van der Waals surface area contributed by atoms with E-state index in [0.29, 0.717) is 0 Å². The molecule has 1 fully saturated rings. The monoisotopic (exact) mass is 263 g/mol. The number of hydrogen-bond donors (Lipinski definition) is 1. The predicted octanol–water partition coefficient (Wildman–Crippen LogP) is 3.87. The molecule has 0 aliphatic carbocycles. The third kappa shape index (κ3) is 4.66. The van der Waals surface area contributed by atoms with Gasteiger partial charge in [0.2, 0.25) is 0 Å². The summed E-state index contributed by atoms with van der Waals surface area (Å²) in [6.45, 7) is 6.72. The average molecular weight is 263 g/mol. The van der Waals surface area contributed by atoms with Gasteiger partial charge in [0.1, 0.15) is 0 Å². The molecule has 100 valence electrons. The first-order valence-corrected chi connectivity index (χ1v) is 8.19. The summed E-state index contributed by atoms with van der Waals surface area (Å²) < 4.78 is 0. The van der Waals surface area contributed by atoms with E-state index in [4.69, 9.17) is 0 Å². The minimum absolute atomic E-state index is 0.744. The van der Waals surface area contributed by atoms with E-state index in [-0.39, 0.29) is 0 Å². The van der Waals surface area contributed by atoms with Crippen LogP contribution in [0, 0.1) is 5.92 Å². The summed E-state index contributed by atoms with van der Waals surface area (Å²) in [5.74, 6) is 2.10. The number of benzene rings is 1. The van der Waals surface area contributed by atoms with Gasteiger partial charge in [-0.25, -0.2) is 0 Å². The summed E-state index contributed by atoms with van der Waals surface area (Å²) in [5.41, 5.74) is 2.87. The van der Waals surface area contributed by atoms with Crippen LogP contribution in [0.15, 0.2) is 24.3 Å². The molecule has 1 nitrogen and oxygen atoms in total. The Labute approximate surface area is 116 Å². The van der Waals surface area contributed by atoms with Crippen LogP contribution in [0.2, 0.25) is 0 Å². The Kier molecular flexibility index (Phi) is 5.58. The van der Waals surface area contributed by atoms with Gasteiger partial charge < -0.3 is 5.32 Å². The second kappa shape index (κ2) is 7.20. The van der Waals surface area contributed by atoms with Crippen LogP contribution in [0.4, 0.5) is 0 Å².